The van der Waals surface area contributed by atoms with Gasteiger partial charge in [0.25, 0.3) is 5.91 Å². The highest BCUT2D eigenvalue weighted by Crippen LogP contribution is 1.92. The highest BCUT2D eigenvalue weighted by molar-refractivity contribution is 5.91. The zero-order valence-corrected chi connectivity index (χ0v) is 5.64. The lowest BCUT2D eigenvalue weighted by Gasteiger charge is -1.94. The van der Waals surface area contributed by atoms with Crippen molar-refractivity contribution in [3.63, 3.8) is 0 Å². The molecule has 52 valence electrons. The largest absolute Gasteiger partial charge is 0.288 e. The fourth-order valence-corrected chi connectivity index (χ4v) is 0.487. The Labute approximate surface area is 54.3 Å². The van der Waals surface area contributed by atoms with Crippen molar-refractivity contribution >= 4 is 5.91 Å². The molecule has 0 radical (unpaired) electrons. The van der Waals surface area contributed by atoms with Crippen LogP contribution in [0.15, 0.2) is 11.6 Å². The molecule has 0 aromatic carbocycles. The molecule has 3 nitrogen and oxygen atoms in total. The molecule has 0 aromatic heterocycles. The zero-order chi connectivity index (χ0) is 7.28. The number of allylic oxidation sites excluding steroid dienone is 1. The predicted molar refractivity (Wildman–Crippen MR) is 34.0 cm³/mol. The summed E-state index contributed by atoms with van der Waals surface area (Å²) in [7, 11) is 0. The Bertz CT molecular complexity index is 129. The minimum absolute atomic E-state index is 0.433. The molecule has 0 fully saturated rings. The van der Waals surface area contributed by atoms with Gasteiger partial charge in [0.2, 0.25) is 0 Å². The Morgan fingerprint density at radius 2 is 2.33 bits per heavy atom. The van der Waals surface area contributed by atoms with Gasteiger partial charge in [-0.2, -0.15) is 0 Å². The maximum absolute atomic E-state index is 10.5. The molecule has 0 unspecified atom stereocenters. The zero-order valence-electron chi connectivity index (χ0n) is 5.64. The van der Waals surface area contributed by atoms with Crippen LogP contribution >= 0.6 is 0 Å². The van der Waals surface area contributed by atoms with E-state index in [4.69, 9.17) is 5.21 Å². The minimum atomic E-state index is -0.433. The molecule has 0 bridgehead atoms. The summed E-state index contributed by atoms with van der Waals surface area (Å²) < 4.78 is 0. The van der Waals surface area contributed by atoms with Crippen molar-refractivity contribution in [2.24, 2.45) is 0 Å². The highest BCUT2D eigenvalue weighted by atomic mass is 16.5. The van der Waals surface area contributed by atoms with E-state index in [9.17, 15) is 4.79 Å². The molecule has 0 saturated heterocycles. The maximum Gasteiger partial charge on any atom is 0.269 e. The lowest BCUT2D eigenvalue weighted by molar-refractivity contribution is -0.125. The van der Waals surface area contributed by atoms with Gasteiger partial charge < -0.3 is 0 Å². The second kappa shape index (κ2) is 4.09. The summed E-state index contributed by atoms with van der Waals surface area (Å²) in [6.45, 7) is 3.57. The fourth-order valence-electron chi connectivity index (χ4n) is 0.487. The van der Waals surface area contributed by atoms with E-state index < -0.39 is 5.91 Å². The van der Waals surface area contributed by atoms with Crippen molar-refractivity contribution < 1.29 is 10.0 Å². The summed E-state index contributed by atoms with van der Waals surface area (Å²) in [5, 5.41) is 8.09. The fraction of sp³-hybridized carbons (Fsp3) is 0.500. The Morgan fingerprint density at radius 3 is 2.67 bits per heavy atom. The van der Waals surface area contributed by atoms with Gasteiger partial charge in [0, 0.05) is 5.57 Å². The summed E-state index contributed by atoms with van der Waals surface area (Å²) in [4.78, 5) is 10.5. The number of hydroxylamine groups is 1. The molecule has 0 heterocycles. The molecule has 0 aliphatic carbocycles. The molecule has 0 rings (SSSR count). The van der Waals surface area contributed by atoms with E-state index in [-0.39, 0.29) is 0 Å². The summed E-state index contributed by atoms with van der Waals surface area (Å²) in [5.41, 5.74) is 2.08. The van der Waals surface area contributed by atoms with Gasteiger partial charge in [-0.15, -0.1) is 0 Å². The van der Waals surface area contributed by atoms with Crippen LogP contribution < -0.4 is 5.48 Å². The first-order valence-electron chi connectivity index (χ1n) is 2.83. The number of rotatable bonds is 2. The highest BCUT2D eigenvalue weighted by Gasteiger charge is 1.97. The first-order valence-corrected chi connectivity index (χ1v) is 2.83. The molecule has 0 aliphatic heterocycles. The number of hydrogen-bond acceptors (Lipinski definition) is 2. The van der Waals surface area contributed by atoms with E-state index in [0.717, 1.165) is 6.42 Å². The summed E-state index contributed by atoms with van der Waals surface area (Å²) in [6, 6.07) is 0. The third-order valence-electron chi connectivity index (χ3n) is 0.970. The van der Waals surface area contributed by atoms with Gasteiger partial charge in [-0.25, -0.2) is 5.48 Å². The average Bonchev–Trinajstić information content (AvgIpc) is 1.87. The van der Waals surface area contributed by atoms with E-state index in [0.29, 0.717) is 5.57 Å². The number of carbonyl (C=O) groups is 1. The maximum atomic E-state index is 10.5. The predicted octanol–water partition coefficient (Wildman–Crippen LogP) is 0.848. The topological polar surface area (TPSA) is 49.3 Å². The number of hydrogen-bond donors (Lipinski definition) is 2. The van der Waals surface area contributed by atoms with Crippen LogP contribution in [0.2, 0.25) is 0 Å². The van der Waals surface area contributed by atoms with Gasteiger partial charge in [0.1, 0.15) is 0 Å². The van der Waals surface area contributed by atoms with Gasteiger partial charge in [-0.05, 0) is 13.3 Å². The Hall–Kier alpha value is -0.830. The quantitative estimate of drug-likeness (QED) is 0.330. The van der Waals surface area contributed by atoms with Crippen LogP contribution in [-0.4, -0.2) is 11.1 Å². The van der Waals surface area contributed by atoms with Crippen LogP contribution in [0.25, 0.3) is 0 Å². The van der Waals surface area contributed by atoms with Crippen molar-refractivity contribution in [2.45, 2.75) is 20.3 Å². The van der Waals surface area contributed by atoms with Crippen LogP contribution in [-0.2, 0) is 4.79 Å². The number of amides is 1. The third kappa shape index (κ3) is 2.87. The minimum Gasteiger partial charge on any atom is -0.288 e. The Morgan fingerprint density at radius 1 is 1.78 bits per heavy atom. The molecular formula is C6H11NO2. The van der Waals surface area contributed by atoms with E-state index in [1.807, 2.05) is 6.92 Å². The number of nitrogens with one attached hydrogen (secondary N) is 1. The van der Waals surface area contributed by atoms with Crippen LogP contribution in [0.3, 0.4) is 0 Å². The monoisotopic (exact) mass is 129 g/mol. The summed E-state index contributed by atoms with van der Waals surface area (Å²) in [5.74, 6) is -0.433. The van der Waals surface area contributed by atoms with Gasteiger partial charge in [-0.1, -0.05) is 13.0 Å². The van der Waals surface area contributed by atoms with Crippen LogP contribution in [0.1, 0.15) is 20.3 Å². The molecule has 0 saturated carbocycles. The average molecular weight is 129 g/mol. The van der Waals surface area contributed by atoms with E-state index in [2.05, 4.69) is 0 Å². The molecule has 0 aliphatic rings. The van der Waals surface area contributed by atoms with Crippen LogP contribution in [0.5, 0.6) is 0 Å². The van der Waals surface area contributed by atoms with E-state index in [1.165, 1.54) is 0 Å². The number of carbonyl (C=O) groups excluding carboxylic acids is 1. The smallest absolute Gasteiger partial charge is 0.269 e. The van der Waals surface area contributed by atoms with Gasteiger partial charge in [0.05, 0.1) is 0 Å². The SMILES string of the molecule is CCC=C(C)C(=O)NO. The van der Waals surface area contributed by atoms with Crippen LogP contribution in [0.4, 0.5) is 0 Å². The molecule has 9 heavy (non-hydrogen) atoms. The lowest BCUT2D eigenvalue weighted by Crippen LogP contribution is -2.19. The van der Waals surface area contributed by atoms with Crippen LogP contribution in [0, 0.1) is 0 Å². The van der Waals surface area contributed by atoms with Crippen molar-refractivity contribution in [1.82, 2.24) is 5.48 Å². The first-order chi connectivity index (χ1) is 4.22. The molecule has 0 spiro atoms. The second-order valence-electron chi connectivity index (χ2n) is 1.74. The molecule has 2 N–H and O–H groups in total. The standard InChI is InChI=1S/C6H11NO2/c1-3-4-5(2)6(8)7-9/h4,9H,3H2,1-2H3,(H,7,8). The molecule has 3 heteroatoms. The lowest BCUT2D eigenvalue weighted by atomic mass is 10.2. The van der Waals surface area contributed by atoms with E-state index in [1.54, 1.807) is 18.5 Å². The molecule has 0 atom stereocenters. The van der Waals surface area contributed by atoms with Gasteiger partial charge in [0.15, 0.2) is 0 Å². The molecule has 1 amide bonds. The van der Waals surface area contributed by atoms with Crippen molar-refractivity contribution in [3.8, 4) is 0 Å². The van der Waals surface area contributed by atoms with Gasteiger partial charge in [-0.3, -0.25) is 10.0 Å². The molecule has 0 aromatic rings. The third-order valence-corrected chi connectivity index (χ3v) is 0.970. The van der Waals surface area contributed by atoms with Gasteiger partial charge >= 0.3 is 0 Å². The summed E-state index contributed by atoms with van der Waals surface area (Å²) in [6.07, 6.45) is 2.55. The Balaban J connectivity index is 3.86. The molecular weight excluding hydrogens is 118 g/mol. The Kier molecular flexibility index (Phi) is 3.71. The summed E-state index contributed by atoms with van der Waals surface area (Å²) >= 11 is 0. The van der Waals surface area contributed by atoms with Crippen molar-refractivity contribution in [1.29, 1.82) is 0 Å². The normalized spacial score (nSPS) is 11.2. The van der Waals surface area contributed by atoms with E-state index >= 15 is 0 Å². The second-order valence-corrected chi connectivity index (χ2v) is 1.74. The van der Waals surface area contributed by atoms with Crippen molar-refractivity contribution in [3.05, 3.63) is 11.6 Å². The van der Waals surface area contributed by atoms with Crippen molar-refractivity contribution in [2.75, 3.05) is 0 Å². The first kappa shape index (κ1) is 8.17.